The smallest absolute Gasteiger partial charge is 0.316 e. The van der Waals surface area contributed by atoms with Crippen LogP contribution in [0.3, 0.4) is 0 Å². The summed E-state index contributed by atoms with van der Waals surface area (Å²) in [6.45, 7) is 1.95. The minimum atomic E-state index is -0.398. The van der Waals surface area contributed by atoms with Gasteiger partial charge in [-0.05, 0) is 48.7 Å². The topological polar surface area (TPSA) is 67.9 Å². The minimum absolute atomic E-state index is 0.225. The monoisotopic (exact) mass is 419 g/mol. The molecule has 156 valence electrons. The van der Waals surface area contributed by atoms with Crippen LogP contribution in [0.1, 0.15) is 33.9 Å². The molecule has 2 heterocycles. The van der Waals surface area contributed by atoms with Crippen molar-refractivity contribution in [2.75, 3.05) is 0 Å². The number of para-hydroxylation sites is 1. The van der Waals surface area contributed by atoms with Crippen LogP contribution < -0.4 is 4.74 Å². The Labute approximate surface area is 186 Å². The number of nitrogens with zero attached hydrogens (tertiary/aromatic N) is 3. The molecular formula is C27H21N3O2. The summed E-state index contributed by atoms with van der Waals surface area (Å²) < 4.78 is 7.64. The number of nitriles is 1. The molecule has 0 bridgehead atoms. The van der Waals surface area contributed by atoms with E-state index in [1.54, 1.807) is 16.8 Å². The molecule has 2 atom stereocenters. The van der Waals surface area contributed by atoms with Crippen molar-refractivity contribution >= 4 is 5.97 Å². The summed E-state index contributed by atoms with van der Waals surface area (Å²) in [6.07, 6.45) is 0.555. The molecular weight excluding hydrogens is 398 g/mol. The highest BCUT2D eigenvalue weighted by Crippen LogP contribution is 2.45. The van der Waals surface area contributed by atoms with Crippen LogP contribution in [0.5, 0.6) is 5.88 Å². The summed E-state index contributed by atoms with van der Waals surface area (Å²) in [4.78, 5) is 13.3. The van der Waals surface area contributed by atoms with E-state index < -0.39 is 5.92 Å². The van der Waals surface area contributed by atoms with Crippen molar-refractivity contribution in [2.45, 2.75) is 19.3 Å². The summed E-state index contributed by atoms with van der Waals surface area (Å²) in [5.41, 5.74) is 5.21. The van der Waals surface area contributed by atoms with Gasteiger partial charge in [-0.2, -0.15) is 10.4 Å². The lowest BCUT2D eigenvalue weighted by molar-refractivity contribution is -0.141. The lowest BCUT2D eigenvalue weighted by Crippen LogP contribution is -2.34. The van der Waals surface area contributed by atoms with Crippen LogP contribution in [0.2, 0.25) is 0 Å². The molecule has 0 unspecified atom stereocenters. The Hall–Kier alpha value is -4.17. The molecule has 1 aliphatic rings. The fourth-order valence-corrected chi connectivity index (χ4v) is 4.46. The van der Waals surface area contributed by atoms with Gasteiger partial charge in [-0.15, -0.1) is 0 Å². The number of aryl methyl sites for hydroxylation is 1. The van der Waals surface area contributed by atoms with Gasteiger partial charge >= 0.3 is 5.97 Å². The molecule has 5 heteroatoms. The Morgan fingerprint density at radius 1 is 0.969 bits per heavy atom. The van der Waals surface area contributed by atoms with Gasteiger partial charge < -0.3 is 4.74 Å². The lowest BCUT2D eigenvalue weighted by atomic mass is 9.76. The highest BCUT2D eigenvalue weighted by molar-refractivity contribution is 5.81. The normalized spacial score (nSPS) is 17.3. The molecule has 0 N–H and O–H groups in total. The number of carbonyl (C=O) groups excluding carboxylic acids is 1. The van der Waals surface area contributed by atoms with Gasteiger partial charge in [0.2, 0.25) is 5.88 Å². The number of hydrogen-bond donors (Lipinski definition) is 0. The first-order valence-electron chi connectivity index (χ1n) is 10.6. The van der Waals surface area contributed by atoms with Gasteiger partial charge in [0.1, 0.15) is 0 Å². The van der Waals surface area contributed by atoms with Crippen molar-refractivity contribution in [3.8, 4) is 17.6 Å². The molecule has 0 fully saturated rings. The highest BCUT2D eigenvalue weighted by atomic mass is 16.5. The summed E-state index contributed by atoms with van der Waals surface area (Å²) in [5.74, 6) is -0.424. The predicted molar refractivity (Wildman–Crippen MR) is 121 cm³/mol. The lowest BCUT2D eigenvalue weighted by Gasteiger charge is -2.31. The zero-order valence-electron chi connectivity index (χ0n) is 17.6. The summed E-state index contributed by atoms with van der Waals surface area (Å²) in [5, 5.41) is 14.0. The number of aromatic nitrogens is 2. The van der Waals surface area contributed by atoms with Crippen LogP contribution in [0.15, 0.2) is 84.9 Å². The third-order valence-electron chi connectivity index (χ3n) is 5.97. The van der Waals surface area contributed by atoms with Gasteiger partial charge in [0.15, 0.2) is 0 Å². The Morgan fingerprint density at radius 2 is 1.62 bits per heavy atom. The number of esters is 1. The maximum absolute atomic E-state index is 13.3. The molecule has 0 spiro atoms. The number of hydrogen-bond acceptors (Lipinski definition) is 4. The maximum Gasteiger partial charge on any atom is 0.316 e. The van der Waals surface area contributed by atoms with Gasteiger partial charge in [0.25, 0.3) is 0 Å². The van der Waals surface area contributed by atoms with E-state index in [1.807, 2.05) is 79.7 Å². The molecule has 0 radical (unpaired) electrons. The molecule has 4 aromatic rings. The average Bonchev–Trinajstić information content (AvgIpc) is 3.16. The standard InChI is InChI=1S/C27H21N3O2/c1-18-24-25(21-14-12-20(17-28)13-15-21)23(16-19-8-4-2-5-9-19)27(31)32-26(24)30(29-18)22-10-6-3-7-11-22/h2-15,23,25H,16H2,1H3/t23-,25+/m0/s1. The zero-order chi connectivity index (χ0) is 22.1. The number of fused-ring (bicyclic) bond motifs is 1. The Morgan fingerprint density at radius 3 is 2.28 bits per heavy atom. The van der Waals surface area contributed by atoms with Crippen molar-refractivity contribution in [1.29, 1.82) is 5.26 Å². The van der Waals surface area contributed by atoms with Crippen molar-refractivity contribution in [3.63, 3.8) is 0 Å². The quantitative estimate of drug-likeness (QED) is 0.438. The number of ether oxygens (including phenoxy) is 1. The number of rotatable bonds is 4. The molecule has 32 heavy (non-hydrogen) atoms. The minimum Gasteiger partial charge on any atom is -0.407 e. The average molecular weight is 419 g/mol. The summed E-state index contributed by atoms with van der Waals surface area (Å²) >= 11 is 0. The molecule has 0 saturated carbocycles. The second kappa shape index (κ2) is 8.16. The van der Waals surface area contributed by atoms with E-state index in [0.29, 0.717) is 17.9 Å². The molecule has 5 nitrogen and oxygen atoms in total. The second-order valence-corrected chi connectivity index (χ2v) is 7.98. The van der Waals surface area contributed by atoms with Crippen LogP contribution in [-0.4, -0.2) is 15.7 Å². The second-order valence-electron chi connectivity index (χ2n) is 7.98. The van der Waals surface area contributed by atoms with Gasteiger partial charge in [-0.25, -0.2) is 4.68 Å². The Balaban J connectivity index is 1.67. The van der Waals surface area contributed by atoms with E-state index in [4.69, 9.17) is 9.84 Å². The van der Waals surface area contributed by atoms with E-state index in [1.165, 1.54) is 0 Å². The van der Waals surface area contributed by atoms with E-state index in [9.17, 15) is 10.1 Å². The van der Waals surface area contributed by atoms with Gasteiger partial charge in [-0.1, -0.05) is 60.7 Å². The first-order valence-corrected chi connectivity index (χ1v) is 10.6. The fourth-order valence-electron chi connectivity index (χ4n) is 4.46. The maximum atomic E-state index is 13.3. The van der Waals surface area contributed by atoms with Crippen LogP contribution in [0.4, 0.5) is 0 Å². The van der Waals surface area contributed by atoms with Crippen molar-refractivity contribution < 1.29 is 9.53 Å². The molecule has 0 saturated heterocycles. The van der Waals surface area contributed by atoms with E-state index in [-0.39, 0.29) is 11.9 Å². The molecule has 0 aliphatic carbocycles. The SMILES string of the molecule is Cc1nn(-c2ccccc2)c2c1[C@H](c1ccc(C#N)cc1)[C@H](Cc1ccccc1)C(=O)O2. The Bertz CT molecular complexity index is 1300. The Kier molecular flexibility index (Phi) is 5.04. The summed E-state index contributed by atoms with van der Waals surface area (Å²) in [6, 6.07) is 29.3. The van der Waals surface area contributed by atoms with Crippen LogP contribution in [-0.2, 0) is 11.2 Å². The fraction of sp³-hybridized carbons (Fsp3) is 0.148. The third-order valence-corrected chi connectivity index (χ3v) is 5.97. The largest absolute Gasteiger partial charge is 0.407 e. The number of carbonyl (C=O) groups is 1. The molecule has 1 aliphatic heterocycles. The van der Waals surface area contributed by atoms with E-state index in [0.717, 1.165) is 28.1 Å². The van der Waals surface area contributed by atoms with Crippen LogP contribution >= 0.6 is 0 Å². The van der Waals surface area contributed by atoms with Gasteiger partial charge in [0.05, 0.1) is 28.9 Å². The van der Waals surface area contributed by atoms with E-state index >= 15 is 0 Å². The van der Waals surface area contributed by atoms with Crippen LogP contribution in [0, 0.1) is 24.2 Å². The first kappa shape index (κ1) is 19.8. The van der Waals surface area contributed by atoms with Crippen molar-refractivity contribution in [1.82, 2.24) is 9.78 Å². The third kappa shape index (κ3) is 3.46. The first-order chi connectivity index (χ1) is 15.7. The molecule has 1 aromatic heterocycles. The summed E-state index contributed by atoms with van der Waals surface area (Å²) in [7, 11) is 0. The van der Waals surface area contributed by atoms with Crippen LogP contribution in [0.25, 0.3) is 5.69 Å². The molecule has 5 rings (SSSR count). The molecule has 0 amide bonds. The molecule has 3 aromatic carbocycles. The predicted octanol–water partition coefficient (Wildman–Crippen LogP) is 4.96. The highest BCUT2D eigenvalue weighted by Gasteiger charge is 2.42. The van der Waals surface area contributed by atoms with E-state index in [2.05, 4.69) is 6.07 Å². The van der Waals surface area contributed by atoms with Crippen molar-refractivity contribution in [2.24, 2.45) is 5.92 Å². The van der Waals surface area contributed by atoms with Gasteiger partial charge in [0, 0.05) is 11.5 Å². The number of benzene rings is 3. The van der Waals surface area contributed by atoms with Crippen molar-refractivity contribution in [3.05, 3.63) is 113 Å². The zero-order valence-corrected chi connectivity index (χ0v) is 17.6. The van der Waals surface area contributed by atoms with Gasteiger partial charge in [-0.3, -0.25) is 4.79 Å².